The minimum Gasteiger partial charge on any atom is -0.452 e. The van der Waals surface area contributed by atoms with Crippen molar-refractivity contribution in [3.05, 3.63) is 65.2 Å². The Labute approximate surface area is 159 Å². The molecule has 2 aromatic carbocycles. The second kappa shape index (κ2) is 8.81. The van der Waals surface area contributed by atoms with Crippen molar-refractivity contribution in [3.8, 4) is 0 Å². The molecule has 0 radical (unpaired) electrons. The number of carbonyl (C=O) groups is 2. The summed E-state index contributed by atoms with van der Waals surface area (Å²) in [7, 11) is -3.33. The maximum Gasteiger partial charge on any atom is 0.338 e. The van der Waals surface area contributed by atoms with Crippen LogP contribution in [0.25, 0.3) is 0 Å². The number of benzene rings is 2. The lowest BCUT2D eigenvalue weighted by atomic mass is 10.1. The zero-order valence-electron chi connectivity index (χ0n) is 15.6. The van der Waals surface area contributed by atoms with E-state index in [1.807, 2.05) is 31.2 Å². The molecule has 1 unspecified atom stereocenters. The first-order valence-corrected chi connectivity index (χ1v) is 10.4. The van der Waals surface area contributed by atoms with Crippen molar-refractivity contribution >= 4 is 21.7 Å². The van der Waals surface area contributed by atoms with E-state index < -0.39 is 28.3 Å². The zero-order chi connectivity index (χ0) is 20.0. The Morgan fingerprint density at radius 2 is 1.63 bits per heavy atom. The highest BCUT2D eigenvalue weighted by molar-refractivity contribution is 7.90. The van der Waals surface area contributed by atoms with E-state index in [0.29, 0.717) is 0 Å². The van der Waals surface area contributed by atoms with Gasteiger partial charge in [-0.25, -0.2) is 13.2 Å². The molecule has 6 nitrogen and oxygen atoms in total. The molecular weight excluding hydrogens is 366 g/mol. The van der Waals surface area contributed by atoms with Crippen LogP contribution in [-0.4, -0.2) is 33.2 Å². The number of nitrogens with one attached hydrogen (secondary N) is 1. The lowest BCUT2D eigenvalue weighted by Crippen LogP contribution is -2.31. The van der Waals surface area contributed by atoms with Gasteiger partial charge in [-0.1, -0.05) is 31.2 Å². The fourth-order valence-electron chi connectivity index (χ4n) is 2.46. The third kappa shape index (κ3) is 5.92. The molecule has 0 aliphatic rings. The second-order valence-electron chi connectivity index (χ2n) is 6.26. The summed E-state index contributed by atoms with van der Waals surface area (Å²) in [6, 6.07) is 13.1. The third-order valence-electron chi connectivity index (χ3n) is 4.12. The highest BCUT2D eigenvalue weighted by atomic mass is 32.2. The Hall–Kier alpha value is -2.67. The van der Waals surface area contributed by atoms with Crippen LogP contribution in [0.4, 0.5) is 0 Å². The van der Waals surface area contributed by atoms with Gasteiger partial charge in [0, 0.05) is 6.26 Å². The van der Waals surface area contributed by atoms with Gasteiger partial charge >= 0.3 is 5.97 Å². The highest BCUT2D eigenvalue weighted by Crippen LogP contribution is 2.14. The Bertz CT molecular complexity index is 902. The van der Waals surface area contributed by atoms with Crippen LogP contribution < -0.4 is 5.32 Å². The quantitative estimate of drug-likeness (QED) is 0.736. The average Bonchev–Trinajstić information content (AvgIpc) is 2.65. The molecule has 0 aliphatic heterocycles. The van der Waals surface area contributed by atoms with Gasteiger partial charge < -0.3 is 10.1 Å². The molecule has 1 atom stereocenters. The van der Waals surface area contributed by atoms with E-state index >= 15 is 0 Å². The fraction of sp³-hybridized carbons (Fsp3) is 0.300. The molecular formula is C20H23NO5S. The van der Waals surface area contributed by atoms with E-state index in [0.717, 1.165) is 18.2 Å². The van der Waals surface area contributed by atoms with Gasteiger partial charge in [0.1, 0.15) is 0 Å². The second-order valence-corrected chi connectivity index (χ2v) is 8.27. The minimum absolute atomic E-state index is 0.111. The molecule has 2 rings (SSSR count). The standard InChI is InChI=1S/C20H23NO5S/c1-4-15-5-7-16(8-6-15)14(2)21-19(22)13-26-20(23)17-9-11-18(12-10-17)27(3,24)25/h5-12,14H,4,13H2,1-3H3,(H,21,22). The van der Waals surface area contributed by atoms with E-state index in [2.05, 4.69) is 12.2 Å². The predicted octanol–water partition coefficient (Wildman–Crippen LogP) is 2.69. The molecule has 0 aliphatic carbocycles. The van der Waals surface area contributed by atoms with Gasteiger partial charge in [0.25, 0.3) is 5.91 Å². The van der Waals surface area contributed by atoms with Gasteiger partial charge in [-0.15, -0.1) is 0 Å². The molecule has 144 valence electrons. The van der Waals surface area contributed by atoms with Gasteiger partial charge in [0.15, 0.2) is 16.4 Å². The summed E-state index contributed by atoms with van der Waals surface area (Å²) in [5.41, 5.74) is 2.36. The summed E-state index contributed by atoms with van der Waals surface area (Å²) >= 11 is 0. The number of ether oxygens (including phenoxy) is 1. The molecule has 27 heavy (non-hydrogen) atoms. The number of amides is 1. The van der Waals surface area contributed by atoms with Crippen molar-refractivity contribution < 1.29 is 22.7 Å². The van der Waals surface area contributed by atoms with Gasteiger partial charge in [0.2, 0.25) is 0 Å². The Kier molecular flexibility index (Phi) is 6.74. The van der Waals surface area contributed by atoms with Gasteiger partial charge in [-0.05, 0) is 48.7 Å². The van der Waals surface area contributed by atoms with Crippen LogP contribution in [0, 0.1) is 0 Å². The Morgan fingerprint density at radius 1 is 1.04 bits per heavy atom. The molecule has 0 fully saturated rings. The number of sulfone groups is 1. The first-order chi connectivity index (χ1) is 12.7. The molecule has 2 aromatic rings. The number of hydrogen-bond donors (Lipinski definition) is 1. The van der Waals surface area contributed by atoms with Gasteiger partial charge in [0.05, 0.1) is 16.5 Å². The summed E-state index contributed by atoms with van der Waals surface area (Å²) in [5, 5.41) is 2.77. The van der Waals surface area contributed by atoms with Crippen LogP contribution in [0.1, 0.15) is 41.4 Å². The summed E-state index contributed by atoms with van der Waals surface area (Å²) in [6.07, 6.45) is 2.03. The van der Waals surface area contributed by atoms with E-state index in [9.17, 15) is 18.0 Å². The summed E-state index contributed by atoms with van der Waals surface area (Å²) < 4.78 is 27.8. The number of carbonyl (C=O) groups excluding carboxylic acids is 2. The van der Waals surface area contributed by atoms with E-state index in [-0.39, 0.29) is 16.5 Å². The fourth-order valence-corrected chi connectivity index (χ4v) is 3.09. The number of rotatable bonds is 7. The first-order valence-electron chi connectivity index (χ1n) is 8.56. The maximum absolute atomic E-state index is 12.0. The van der Waals surface area contributed by atoms with Crippen LogP contribution >= 0.6 is 0 Å². The average molecular weight is 389 g/mol. The summed E-state index contributed by atoms with van der Waals surface area (Å²) in [4.78, 5) is 24.1. The van der Waals surface area contributed by atoms with E-state index in [1.165, 1.54) is 29.8 Å². The van der Waals surface area contributed by atoms with Crippen molar-refractivity contribution in [2.24, 2.45) is 0 Å². The first kappa shape index (κ1) is 20.6. The molecule has 0 aromatic heterocycles. The molecule has 1 N–H and O–H groups in total. The molecule has 0 heterocycles. The molecule has 0 saturated heterocycles. The van der Waals surface area contributed by atoms with Crippen molar-refractivity contribution in [1.82, 2.24) is 5.32 Å². The maximum atomic E-state index is 12.0. The van der Waals surface area contributed by atoms with Crippen molar-refractivity contribution in [2.75, 3.05) is 12.9 Å². The van der Waals surface area contributed by atoms with Crippen LogP contribution in [0.15, 0.2) is 53.4 Å². The predicted molar refractivity (Wildman–Crippen MR) is 102 cm³/mol. The third-order valence-corrected chi connectivity index (χ3v) is 5.25. The highest BCUT2D eigenvalue weighted by Gasteiger charge is 2.14. The van der Waals surface area contributed by atoms with Crippen molar-refractivity contribution in [2.45, 2.75) is 31.2 Å². The monoisotopic (exact) mass is 389 g/mol. The molecule has 7 heteroatoms. The summed E-state index contributed by atoms with van der Waals surface area (Å²) in [5.74, 6) is -1.10. The molecule has 0 spiro atoms. The van der Waals surface area contributed by atoms with E-state index in [4.69, 9.17) is 4.74 Å². The number of aryl methyl sites for hydroxylation is 1. The largest absolute Gasteiger partial charge is 0.452 e. The molecule has 1 amide bonds. The zero-order valence-corrected chi connectivity index (χ0v) is 16.4. The number of esters is 1. The Morgan fingerprint density at radius 3 is 2.15 bits per heavy atom. The smallest absolute Gasteiger partial charge is 0.338 e. The van der Waals surface area contributed by atoms with Crippen LogP contribution in [0.3, 0.4) is 0 Å². The minimum atomic E-state index is -3.33. The van der Waals surface area contributed by atoms with Gasteiger partial charge in [-0.2, -0.15) is 0 Å². The van der Waals surface area contributed by atoms with Crippen LogP contribution in [0.5, 0.6) is 0 Å². The topological polar surface area (TPSA) is 89.5 Å². The summed E-state index contributed by atoms with van der Waals surface area (Å²) in [6.45, 7) is 3.51. The van der Waals surface area contributed by atoms with E-state index in [1.54, 1.807) is 0 Å². The van der Waals surface area contributed by atoms with Crippen LogP contribution in [0.2, 0.25) is 0 Å². The van der Waals surface area contributed by atoms with Crippen molar-refractivity contribution in [3.63, 3.8) is 0 Å². The molecule has 0 saturated carbocycles. The normalized spacial score (nSPS) is 12.3. The lowest BCUT2D eigenvalue weighted by molar-refractivity contribution is -0.124. The SMILES string of the molecule is CCc1ccc(C(C)NC(=O)COC(=O)c2ccc(S(C)(=O)=O)cc2)cc1. The van der Waals surface area contributed by atoms with Crippen LogP contribution in [-0.2, 0) is 25.8 Å². The van der Waals surface area contributed by atoms with Crippen molar-refractivity contribution in [1.29, 1.82) is 0 Å². The number of hydrogen-bond acceptors (Lipinski definition) is 5. The molecule has 0 bridgehead atoms. The Balaban J connectivity index is 1.87. The van der Waals surface area contributed by atoms with Gasteiger partial charge in [-0.3, -0.25) is 4.79 Å². The lowest BCUT2D eigenvalue weighted by Gasteiger charge is -2.15.